The SMILES string of the molecule is Cc1ccc(F)cc1CC(NN)c1cc(F)ccc1F. The number of nitrogens with two attached hydrogens (primary N) is 1. The number of nitrogens with one attached hydrogen (secondary N) is 1. The van der Waals surface area contributed by atoms with Crippen molar-refractivity contribution in [2.24, 2.45) is 5.84 Å². The first-order chi connectivity index (χ1) is 9.51. The van der Waals surface area contributed by atoms with E-state index in [9.17, 15) is 13.2 Å². The van der Waals surface area contributed by atoms with Crippen molar-refractivity contribution in [2.45, 2.75) is 19.4 Å². The average molecular weight is 280 g/mol. The average Bonchev–Trinajstić information content (AvgIpc) is 2.42. The first-order valence-electron chi connectivity index (χ1n) is 6.17. The molecule has 3 N–H and O–H groups in total. The summed E-state index contributed by atoms with van der Waals surface area (Å²) in [6.45, 7) is 1.82. The molecule has 0 fully saturated rings. The monoisotopic (exact) mass is 280 g/mol. The Balaban J connectivity index is 2.33. The Hall–Kier alpha value is -1.85. The van der Waals surface area contributed by atoms with Crippen LogP contribution >= 0.6 is 0 Å². The molecule has 0 bridgehead atoms. The Morgan fingerprint density at radius 1 is 1.05 bits per heavy atom. The smallest absolute Gasteiger partial charge is 0.128 e. The van der Waals surface area contributed by atoms with Gasteiger partial charge < -0.3 is 0 Å². The highest BCUT2D eigenvalue weighted by molar-refractivity contribution is 5.30. The first-order valence-corrected chi connectivity index (χ1v) is 6.17. The molecule has 2 aromatic rings. The van der Waals surface area contributed by atoms with Gasteiger partial charge in [-0.05, 0) is 54.8 Å². The van der Waals surface area contributed by atoms with Crippen LogP contribution in [0.2, 0.25) is 0 Å². The lowest BCUT2D eigenvalue weighted by atomic mass is 9.96. The van der Waals surface area contributed by atoms with Crippen LogP contribution in [-0.4, -0.2) is 0 Å². The molecule has 0 spiro atoms. The zero-order chi connectivity index (χ0) is 14.7. The zero-order valence-electron chi connectivity index (χ0n) is 11.0. The van der Waals surface area contributed by atoms with Crippen molar-refractivity contribution in [1.82, 2.24) is 5.43 Å². The van der Waals surface area contributed by atoms with Crippen molar-refractivity contribution in [1.29, 1.82) is 0 Å². The van der Waals surface area contributed by atoms with Gasteiger partial charge in [0.1, 0.15) is 17.5 Å². The molecule has 0 aliphatic carbocycles. The quantitative estimate of drug-likeness (QED) is 0.667. The topological polar surface area (TPSA) is 38.0 Å². The van der Waals surface area contributed by atoms with Crippen LogP contribution in [0.3, 0.4) is 0 Å². The number of benzene rings is 2. The van der Waals surface area contributed by atoms with Gasteiger partial charge in [-0.3, -0.25) is 11.3 Å². The van der Waals surface area contributed by atoms with Gasteiger partial charge in [-0.15, -0.1) is 0 Å². The minimum Gasteiger partial charge on any atom is -0.271 e. The van der Waals surface area contributed by atoms with E-state index in [2.05, 4.69) is 5.43 Å². The number of rotatable bonds is 4. The minimum absolute atomic E-state index is 0.121. The van der Waals surface area contributed by atoms with Crippen LogP contribution in [0.25, 0.3) is 0 Å². The first kappa shape index (κ1) is 14.6. The Kier molecular flexibility index (Phi) is 4.42. The maximum Gasteiger partial charge on any atom is 0.128 e. The summed E-state index contributed by atoms with van der Waals surface area (Å²) in [4.78, 5) is 0. The molecular formula is C15H15F3N2. The van der Waals surface area contributed by atoms with Gasteiger partial charge in [0.25, 0.3) is 0 Å². The summed E-state index contributed by atoms with van der Waals surface area (Å²) in [5, 5.41) is 0. The molecule has 0 aliphatic rings. The molecule has 2 rings (SSSR count). The molecule has 0 heterocycles. The second-order valence-corrected chi connectivity index (χ2v) is 4.66. The van der Waals surface area contributed by atoms with Crippen molar-refractivity contribution < 1.29 is 13.2 Å². The Morgan fingerprint density at radius 3 is 2.40 bits per heavy atom. The summed E-state index contributed by atoms with van der Waals surface area (Å²) in [5.74, 6) is 3.96. The van der Waals surface area contributed by atoms with Gasteiger partial charge in [0.2, 0.25) is 0 Å². The maximum absolute atomic E-state index is 13.8. The van der Waals surface area contributed by atoms with Gasteiger partial charge in [0.05, 0.1) is 6.04 Å². The molecule has 0 saturated heterocycles. The fourth-order valence-corrected chi connectivity index (χ4v) is 2.12. The van der Waals surface area contributed by atoms with E-state index in [1.165, 1.54) is 12.1 Å². The Labute approximate surface area is 115 Å². The van der Waals surface area contributed by atoms with E-state index in [0.717, 1.165) is 23.8 Å². The van der Waals surface area contributed by atoms with E-state index < -0.39 is 17.7 Å². The van der Waals surface area contributed by atoms with E-state index >= 15 is 0 Å². The van der Waals surface area contributed by atoms with Gasteiger partial charge in [-0.1, -0.05) is 6.07 Å². The summed E-state index contributed by atoms with van der Waals surface area (Å²) >= 11 is 0. The predicted molar refractivity (Wildman–Crippen MR) is 71.3 cm³/mol. The highest BCUT2D eigenvalue weighted by Gasteiger charge is 2.17. The van der Waals surface area contributed by atoms with Crippen LogP contribution < -0.4 is 11.3 Å². The van der Waals surface area contributed by atoms with Crippen molar-refractivity contribution in [3.05, 3.63) is 70.5 Å². The second-order valence-electron chi connectivity index (χ2n) is 4.66. The van der Waals surface area contributed by atoms with E-state index in [4.69, 9.17) is 5.84 Å². The number of halogens is 3. The van der Waals surface area contributed by atoms with Gasteiger partial charge in [0, 0.05) is 5.56 Å². The highest BCUT2D eigenvalue weighted by Crippen LogP contribution is 2.23. The molecule has 1 unspecified atom stereocenters. The van der Waals surface area contributed by atoms with Crippen LogP contribution in [-0.2, 0) is 6.42 Å². The van der Waals surface area contributed by atoms with Gasteiger partial charge in [-0.2, -0.15) is 0 Å². The number of aryl methyl sites for hydroxylation is 1. The van der Waals surface area contributed by atoms with Gasteiger partial charge in [-0.25, -0.2) is 13.2 Å². The van der Waals surface area contributed by atoms with Crippen molar-refractivity contribution in [2.75, 3.05) is 0 Å². The zero-order valence-corrected chi connectivity index (χ0v) is 11.0. The Morgan fingerprint density at radius 2 is 1.70 bits per heavy atom. The second kappa shape index (κ2) is 6.07. The standard InChI is InChI=1S/C15H15F3N2/c1-9-2-3-11(16)6-10(9)7-15(20-19)13-8-12(17)4-5-14(13)18/h2-6,8,15,20H,7,19H2,1H3. The molecule has 5 heteroatoms. The van der Waals surface area contributed by atoms with E-state index in [0.29, 0.717) is 5.56 Å². The summed E-state index contributed by atoms with van der Waals surface area (Å²) in [7, 11) is 0. The summed E-state index contributed by atoms with van der Waals surface area (Å²) in [6, 6.07) is 6.91. The molecule has 2 nitrogen and oxygen atoms in total. The number of hydrazine groups is 1. The third-order valence-corrected chi connectivity index (χ3v) is 3.27. The van der Waals surface area contributed by atoms with Crippen LogP contribution in [0.15, 0.2) is 36.4 Å². The summed E-state index contributed by atoms with van der Waals surface area (Å²) in [5.41, 5.74) is 4.13. The van der Waals surface area contributed by atoms with Crippen molar-refractivity contribution in [3.8, 4) is 0 Å². The lowest BCUT2D eigenvalue weighted by Crippen LogP contribution is -2.30. The fourth-order valence-electron chi connectivity index (χ4n) is 2.12. The van der Waals surface area contributed by atoms with Crippen molar-refractivity contribution >= 4 is 0 Å². The van der Waals surface area contributed by atoms with Crippen LogP contribution in [0.5, 0.6) is 0 Å². The number of hydrogen-bond donors (Lipinski definition) is 2. The normalized spacial score (nSPS) is 12.4. The predicted octanol–water partition coefficient (Wildman–Crippen LogP) is 3.16. The van der Waals surface area contributed by atoms with Crippen molar-refractivity contribution in [3.63, 3.8) is 0 Å². The molecular weight excluding hydrogens is 265 g/mol. The van der Waals surface area contributed by atoms with Crippen LogP contribution in [0, 0.1) is 24.4 Å². The molecule has 0 amide bonds. The summed E-state index contributed by atoms with van der Waals surface area (Å²) < 4.78 is 40.2. The Bertz CT molecular complexity index is 614. The van der Waals surface area contributed by atoms with E-state index in [-0.39, 0.29) is 17.8 Å². The summed E-state index contributed by atoms with van der Waals surface area (Å²) in [6.07, 6.45) is 0.264. The third-order valence-electron chi connectivity index (χ3n) is 3.27. The molecule has 20 heavy (non-hydrogen) atoms. The highest BCUT2D eigenvalue weighted by atomic mass is 19.1. The molecule has 106 valence electrons. The van der Waals surface area contributed by atoms with E-state index in [1.807, 2.05) is 6.92 Å². The van der Waals surface area contributed by atoms with Gasteiger partial charge >= 0.3 is 0 Å². The molecule has 0 aromatic heterocycles. The minimum atomic E-state index is -0.633. The largest absolute Gasteiger partial charge is 0.271 e. The lowest BCUT2D eigenvalue weighted by molar-refractivity contribution is 0.500. The van der Waals surface area contributed by atoms with E-state index in [1.54, 1.807) is 6.07 Å². The molecule has 1 atom stereocenters. The van der Waals surface area contributed by atoms with Crippen LogP contribution in [0.4, 0.5) is 13.2 Å². The number of hydrogen-bond acceptors (Lipinski definition) is 2. The molecule has 0 aliphatic heterocycles. The van der Waals surface area contributed by atoms with Crippen LogP contribution in [0.1, 0.15) is 22.7 Å². The third kappa shape index (κ3) is 3.18. The molecule has 2 aromatic carbocycles. The van der Waals surface area contributed by atoms with Gasteiger partial charge in [0.15, 0.2) is 0 Å². The fraction of sp³-hybridized carbons (Fsp3) is 0.200. The molecule has 0 saturated carbocycles. The lowest BCUT2D eigenvalue weighted by Gasteiger charge is -2.18. The molecule has 0 radical (unpaired) electrons. The maximum atomic E-state index is 13.8.